The molecule has 0 saturated carbocycles. The maximum atomic E-state index is 13.0. The number of hydrogen-bond acceptors (Lipinski definition) is 9. The Labute approximate surface area is 189 Å². The predicted octanol–water partition coefficient (Wildman–Crippen LogP) is 0.709. The minimum atomic E-state index is -1.53. The van der Waals surface area contributed by atoms with Crippen molar-refractivity contribution in [2.24, 2.45) is 17.8 Å². The van der Waals surface area contributed by atoms with Crippen molar-refractivity contribution in [1.82, 2.24) is 0 Å². The fourth-order valence-electron chi connectivity index (χ4n) is 4.35. The first-order chi connectivity index (χ1) is 14.8. The molecule has 2 unspecified atom stereocenters. The Bertz CT molecular complexity index is 691. The summed E-state index contributed by atoms with van der Waals surface area (Å²) in [7, 11) is 0. The first kappa shape index (κ1) is 26.9. The Morgan fingerprint density at radius 1 is 1.09 bits per heavy atom. The van der Waals surface area contributed by atoms with E-state index >= 15 is 0 Å². The second-order valence-corrected chi connectivity index (χ2v) is 9.48. The summed E-state index contributed by atoms with van der Waals surface area (Å²) in [5.74, 6) is -2.32. The average Bonchev–Trinajstić information content (AvgIpc) is 2.74. The Hall–Kier alpha value is -1.36. The first-order valence-corrected chi connectivity index (χ1v) is 11.3. The average molecular weight is 459 g/mol. The van der Waals surface area contributed by atoms with Gasteiger partial charge in [-0.15, -0.1) is 0 Å². The second kappa shape index (κ2) is 10.7. The van der Waals surface area contributed by atoms with E-state index in [1.807, 2.05) is 6.92 Å². The lowest BCUT2D eigenvalue weighted by Crippen LogP contribution is -2.58. The van der Waals surface area contributed by atoms with Crippen LogP contribution >= 0.6 is 0 Å². The van der Waals surface area contributed by atoms with Gasteiger partial charge in [0.25, 0.3) is 0 Å². The van der Waals surface area contributed by atoms with Crippen LogP contribution in [0.3, 0.4) is 0 Å². The van der Waals surface area contributed by atoms with Crippen LogP contribution in [0, 0.1) is 17.8 Å². The summed E-state index contributed by atoms with van der Waals surface area (Å²) in [5.41, 5.74) is -1.53. The molecule has 0 aliphatic carbocycles. The number of ketones is 1. The van der Waals surface area contributed by atoms with Gasteiger partial charge in [0, 0.05) is 5.92 Å². The van der Waals surface area contributed by atoms with Crippen molar-refractivity contribution in [3.8, 4) is 0 Å². The van der Waals surface area contributed by atoms with Gasteiger partial charge in [-0.2, -0.15) is 0 Å². The highest BCUT2D eigenvalue weighted by atomic mass is 16.7. The maximum absolute atomic E-state index is 13.0. The van der Waals surface area contributed by atoms with Crippen LogP contribution in [-0.2, 0) is 23.8 Å². The molecule has 0 bridgehead atoms. The minimum Gasteiger partial charge on any atom is -0.459 e. The molecule has 9 heteroatoms. The van der Waals surface area contributed by atoms with Crippen LogP contribution in [0.4, 0.5) is 0 Å². The number of allylic oxidation sites excluding steroid dienone is 1. The van der Waals surface area contributed by atoms with Gasteiger partial charge in [-0.05, 0) is 51.7 Å². The van der Waals surface area contributed by atoms with E-state index in [9.17, 15) is 30.0 Å². The van der Waals surface area contributed by atoms with Crippen LogP contribution < -0.4 is 0 Å². The summed E-state index contributed by atoms with van der Waals surface area (Å²) < 4.78 is 17.2. The molecular weight excluding hydrogens is 420 g/mol. The first-order valence-electron chi connectivity index (χ1n) is 11.3. The second-order valence-electron chi connectivity index (χ2n) is 9.48. The lowest BCUT2D eigenvalue weighted by atomic mass is 9.84. The van der Waals surface area contributed by atoms with E-state index in [2.05, 4.69) is 0 Å². The molecule has 0 spiro atoms. The number of carbonyl (C=O) groups excluding carboxylic acids is 2. The largest absolute Gasteiger partial charge is 0.459 e. The minimum absolute atomic E-state index is 0.175. The summed E-state index contributed by atoms with van der Waals surface area (Å²) in [6.45, 7) is 9.98. The molecule has 1 saturated heterocycles. The summed E-state index contributed by atoms with van der Waals surface area (Å²) in [5, 5.41) is 41.2. The molecule has 11 atom stereocenters. The number of aliphatic hydroxyl groups excluding tert-OH is 3. The van der Waals surface area contributed by atoms with Crippen LogP contribution in [0.25, 0.3) is 0 Å². The zero-order valence-corrected chi connectivity index (χ0v) is 19.7. The van der Waals surface area contributed by atoms with Crippen LogP contribution in [-0.4, -0.2) is 80.7 Å². The van der Waals surface area contributed by atoms with Crippen molar-refractivity contribution in [3.05, 3.63) is 12.2 Å². The molecule has 0 aromatic heterocycles. The van der Waals surface area contributed by atoms with E-state index in [1.54, 1.807) is 27.7 Å². The highest BCUT2D eigenvalue weighted by Gasteiger charge is 2.46. The third kappa shape index (κ3) is 5.95. The van der Waals surface area contributed by atoms with Gasteiger partial charge in [0.15, 0.2) is 12.1 Å². The van der Waals surface area contributed by atoms with E-state index in [1.165, 1.54) is 19.1 Å². The number of esters is 1. The number of carbonyl (C=O) groups is 2. The molecule has 9 nitrogen and oxygen atoms in total. The van der Waals surface area contributed by atoms with Crippen molar-refractivity contribution in [3.63, 3.8) is 0 Å². The molecule has 0 amide bonds. The Morgan fingerprint density at radius 2 is 1.72 bits per heavy atom. The van der Waals surface area contributed by atoms with E-state index < -0.39 is 66.3 Å². The standard InChI is InChI=1S/C23H38O9/c1-7-16-23(6,29)9-8-15(24)11(2)10-12(3)20(13(4)21(28)31-16)32-22-19(27)18(26)17(25)14(5)30-22/h8-9,11-14,16-20,22,25-27,29H,7,10H2,1-6H3/b9-8-/t11-,12+,13+,14+,16?,17+,18-,19-,20?,22+,23+/m1/s1. The Kier molecular flexibility index (Phi) is 9.00. The smallest absolute Gasteiger partial charge is 0.311 e. The van der Waals surface area contributed by atoms with Crippen molar-refractivity contribution in [2.75, 3.05) is 0 Å². The van der Waals surface area contributed by atoms with E-state index in [0.717, 1.165) is 0 Å². The number of hydrogen-bond donors (Lipinski definition) is 4. The van der Waals surface area contributed by atoms with Gasteiger partial charge in [0.1, 0.15) is 30.0 Å². The predicted molar refractivity (Wildman–Crippen MR) is 114 cm³/mol. The SMILES string of the molecule is CCC1OC(=O)[C@@H](C)C(O[C@@H]2O[C@@H](C)[C@H](O)[C@@H](O)[C@H]2O)[C@@H](C)C[C@@H](C)C(=O)/C=C\[C@]1(C)O. The zero-order valence-electron chi connectivity index (χ0n) is 19.7. The van der Waals surface area contributed by atoms with Gasteiger partial charge in [-0.1, -0.05) is 20.8 Å². The van der Waals surface area contributed by atoms with Gasteiger partial charge < -0.3 is 34.6 Å². The highest BCUT2D eigenvalue weighted by Crippen LogP contribution is 2.32. The molecule has 32 heavy (non-hydrogen) atoms. The van der Waals surface area contributed by atoms with Gasteiger partial charge >= 0.3 is 5.97 Å². The highest BCUT2D eigenvalue weighted by molar-refractivity contribution is 5.91. The number of ether oxygens (including phenoxy) is 3. The maximum Gasteiger partial charge on any atom is 0.311 e. The van der Waals surface area contributed by atoms with E-state index in [4.69, 9.17) is 14.2 Å². The summed E-state index contributed by atoms with van der Waals surface area (Å²) in [6, 6.07) is 0. The lowest BCUT2D eigenvalue weighted by molar-refractivity contribution is -0.311. The van der Waals surface area contributed by atoms with Gasteiger partial charge in [-0.25, -0.2) is 0 Å². The fourth-order valence-corrected chi connectivity index (χ4v) is 4.35. The van der Waals surface area contributed by atoms with E-state index in [0.29, 0.717) is 12.8 Å². The molecule has 0 aromatic rings. The Balaban J connectivity index is 2.36. The normalized spacial score (nSPS) is 47.8. The third-order valence-corrected chi connectivity index (χ3v) is 6.60. The fraction of sp³-hybridized carbons (Fsp3) is 0.826. The molecule has 2 heterocycles. The molecule has 184 valence electrons. The molecule has 0 radical (unpaired) electrons. The van der Waals surface area contributed by atoms with Crippen molar-refractivity contribution < 1.29 is 44.2 Å². The summed E-state index contributed by atoms with van der Waals surface area (Å²) >= 11 is 0. The summed E-state index contributed by atoms with van der Waals surface area (Å²) in [6.07, 6.45) is -4.66. The topological polar surface area (TPSA) is 143 Å². The van der Waals surface area contributed by atoms with Crippen LogP contribution in [0.5, 0.6) is 0 Å². The zero-order chi connectivity index (χ0) is 24.4. The molecular formula is C23H38O9. The molecule has 0 aromatic carbocycles. The van der Waals surface area contributed by atoms with Crippen LogP contribution in [0.1, 0.15) is 54.4 Å². The molecule has 2 aliphatic heterocycles. The van der Waals surface area contributed by atoms with E-state index in [-0.39, 0.29) is 11.7 Å². The van der Waals surface area contributed by atoms with Gasteiger partial charge in [0.05, 0.1) is 18.1 Å². The third-order valence-electron chi connectivity index (χ3n) is 6.60. The van der Waals surface area contributed by atoms with Gasteiger partial charge in [-0.3, -0.25) is 9.59 Å². The molecule has 4 N–H and O–H groups in total. The van der Waals surface area contributed by atoms with Crippen molar-refractivity contribution >= 4 is 11.8 Å². The van der Waals surface area contributed by atoms with Crippen LogP contribution in [0.15, 0.2) is 12.2 Å². The Morgan fingerprint density at radius 3 is 2.31 bits per heavy atom. The monoisotopic (exact) mass is 458 g/mol. The van der Waals surface area contributed by atoms with Gasteiger partial charge in [0.2, 0.25) is 0 Å². The number of cyclic esters (lactones) is 1. The number of aliphatic hydroxyl groups is 4. The molecule has 2 rings (SSSR count). The lowest BCUT2D eigenvalue weighted by Gasteiger charge is -2.42. The summed E-state index contributed by atoms with van der Waals surface area (Å²) in [4.78, 5) is 25.6. The number of rotatable bonds is 3. The molecule has 1 fully saturated rings. The van der Waals surface area contributed by atoms with Crippen molar-refractivity contribution in [1.29, 1.82) is 0 Å². The van der Waals surface area contributed by atoms with Crippen molar-refractivity contribution in [2.45, 2.75) is 103 Å². The van der Waals surface area contributed by atoms with Crippen LogP contribution in [0.2, 0.25) is 0 Å². The molecule has 2 aliphatic rings. The quantitative estimate of drug-likeness (QED) is 0.450.